The Bertz CT molecular complexity index is 708. The van der Waals surface area contributed by atoms with Gasteiger partial charge in [-0.3, -0.25) is 4.79 Å². The zero-order valence-electron chi connectivity index (χ0n) is 12.6. The van der Waals surface area contributed by atoms with Gasteiger partial charge in [0.2, 0.25) is 0 Å². The van der Waals surface area contributed by atoms with Gasteiger partial charge >= 0.3 is 0 Å². The van der Waals surface area contributed by atoms with E-state index in [1.54, 1.807) is 18.3 Å². The summed E-state index contributed by atoms with van der Waals surface area (Å²) in [6, 6.07) is 11.0. The average molecular weight is 350 g/mol. The van der Waals surface area contributed by atoms with Crippen molar-refractivity contribution in [1.82, 2.24) is 9.88 Å². The van der Waals surface area contributed by atoms with Crippen LogP contribution in [0.1, 0.15) is 16.8 Å². The summed E-state index contributed by atoms with van der Waals surface area (Å²) in [5.41, 5.74) is 1.60. The van der Waals surface area contributed by atoms with E-state index in [9.17, 15) is 4.79 Å². The Morgan fingerprint density at radius 2 is 1.87 bits per heavy atom. The molecule has 0 spiro atoms. The molecular formula is C17H17Cl2N3O. The van der Waals surface area contributed by atoms with Gasteiger partial charge in [0.05, 0.1) is 10.6 Å². The highest BCUT2D eigenvalue weighted by Gasteiger charge is 2.22. The third-order valence-electron chi connectivity index (χ3n) is 3.96. The maximum absolute atomic E-state index is 12.7. The standard InChI is InChI=1S/C17H17Cl2N3O/c18-15-5-2-1-4-14(15)17(23)22-9-3-8-21(10-11-22)13-6-7-20-16(19)12-13/h1-2,4-7,12H,3,8-11H2. The Balaban J connectivity index is 1.71. The lowest BCUT2D eigenvalue weighted by atomic mass is 10.2. The molecule has 6 heteroatoms. The van der Waals surface area contributed by atoms with Crippen molar-refractivity contribution in [3.8, 4) is 0 Å². The molecule has 0 atom stereocenters. The molecule has 0 N–H and O–H groups in total. The Labute approximate surface area is 145 Å². The second-order valence-corrected chi connectivity index (χ2v) is 6.24. The minimum atomic E-state index is -0.00906. The summed E-state index contributed by atoms with van der Waals surface area (Å²) in [7, 11) is 0. The zero-order chi connectivity index (χ0) is 16.2. The Hall–Kier alpha value is -1.78. The van der Waals surface area contributed by atoms with E-state index in [2.05, 4.69) is 9.88 Å². The van der Waals surface area contributed by atoms with Crippen LogP contribution in [0.4, 0.5) is 5.69 Å². The number of halogens is 2. The molecule has 23 heavy (non-hydrogen) atoms. The fourth-order valence-electron chi connectivity index (χ4n) is 2.77. The Morgan fingerprint density at radius 3 is 2.65 bits per heavy atom. The van der Waals surface area contributed by atoms with Crippen LogP contribution >= 0.6 is 23.2 Å². The molecule has 2 heterocycles. The monoisotopic (exact) mass is 349 g/mol. The van der Waals surface area contributed by atoms with Crippen LogP contribution in [-0.4, -0.2) is 42.0 Å². The molecule has 0 radical (unpaired) electrons. The molecule has 120 valence electrons. The summed E-state index contributed by atoms with van der Waals surface area (Å²) in [4.78, 5) is 20.8. The predicted octanol–water partition coefficient (Wildman–Crippen LogP) is 3.74. The lowest BCUT2D eigenvalue weighted by Crippen LogP contribution is -2.35. The number of carbonyl (C=O) groups excluding carboxylic acids is 1. The lowest BCUT2D eigenvalue weighted by molar-refractivity contribution is 0.0767. The zero-order valence-corrected chi connectivity index (χ0v) is 14.1. The minimum Gasteiger partial charge on any atom is -0.370 e. The molecule has 0 bridgehead atoms. The molecule has 1 aliphatic rings. The highest BCUT2D eigenvalue weighted by Crippen LogP contribution is 2.21. The number of anilines is 1. The van der Waals surface area contributed by atoms with E-state index >= 15 is 0 Å². The molecular weight excluding hydrogens is 333 g/mol. The van der Waals surface area contributed by atoms with E-state index in [0.29, 0.717) is 22.3 Å². The van der Waals surface area contributed by atoms with Gasteiger partial charge in [-0.05, 0) is 30.7 Å². The summed E-state index contributed by atoms with van der Waals surface area (Å²) < 4.78 is 0. The second kappa shape index (κ2) is 7.20. The SMILES string of the molecule is O=C(c1ccccc1Cl)N1CCCN(c2ccnc(Cl)c2)CC1. The smallest absolute Gasteiger partial charge is 0.255 e. The lowest BCUT2D eigenvalue weighted by Gasteiger charge is -2.24. The van der Waals surface area contributed by atoms with Gasteiger partial charge < -0.3 is 9.80 Å². The van der Waals surface area contributed by atoms with E-state index in [0.717, 1.165) is 31.7 Å². The molecule has 4 nitrogen and oxygen atoms in total. The molecule has 3 rings (SSSR count). The molecule has 1 aromatic carbocycles. The fourth-order valence-corrected chi connectivity index (χ4v) is 3.16. The first-order chi connectivity index (χ1) is 11.1. The van der Waals surface area contributed by atoms with Gasteiger partial charge in [0.15, 0.2) is 0 Å². The van der Waals surface area contributed by atoms with Gasteiger partial charge in [0, 0.05) is 38.1 Å². The Morgan fingerprint density at radius 1 is 1.04 bits per heavy atom. The summed E-state index contributed by atoms with van der Waals surface area (Å²) >= 11 is 12.1. The second-order valence-electron chi connectivity index (χ2n) is 5.45. The number of benzene rings is 1. The number of rotatable bonds is 2. The van der Waals surface area contributed by atoms with Gasteiger partial charge in [-0.15, -0.1) is 0 Å². The Kier molecular flexibility index (Phi) is 5.03. The van der Waals surface area contributed by atoms with E-state index in [-0.39, 0.29) is 5.91 Å². The molecule has 1 saturated heterocycles. The summed E-state index contributed by atoms with van der Waals surface area (Å²) in [5.74, 6) is -0.00906. The number of hydrogen-bond donors (Lipinski definition) is 0. The van der Waals surface area contributed by atoms with E-state index in [1.807, 2.05) is 29.2 Å². The van der Waals surface area contributed by atoms with Crippen molar-refractivity contribution in [2.75, 3.05) is 31.1 Å². The number of carbonyl (C=O) groups is 1. The number of hydrogen-bond acceptors (Lipinski definition) is 3. The third kappa shape index (κ3) is 3.77. The molecule has 1 fully saturated rings. The number of pyridine rings is 1. The third-order valence-corrected chi connectivity index (χ3v) is 4.50. The van der Waals surface area contributed by atoms with Gasteiger partial charge in [-0.1, -0.05) is 35.3 Å². The van der Waals surface area contributed by atoms with Crippen molar-refractivity contribution in [3.05, 3.63) is 58.3 Å². The van der Waals surface area contributed by atoms with Crippen molar-refractivity contribution < 1.29 is 4.79 Å². The van der Waals surface area contributed by atoms with Crippen LogP contribution in [0, 0.1) is 0 Å². The summed E-state index contributed by atoms with van der Waals surface area (Å²) in [5, 5.41) is 0.982. The van der Waals surface area contributed by atoms with Crippen LogP contribution in [-0.2, 0) is 0 Å². The van der Waals surface area contributed by atoms with Crippen molar-refractivity contribution in [1.29, 1.82) is 0 Å². The minimum absolute atomic E-state index is 0.00906. The number of amides is 1. The maximum Gasteiger partial charge on any atom is 0.255 e. The summed E-state index contributed by atoms with van der Waals surface area (Å²) in [6.07, 6.45) is 2.60. The van der Waals surface area contributed by atoms with Crippen molar-refractivity contribution in [2.45, 2.75) is 6.42 Å². The predicted molar refractivity (Wildman–Crippen MR) is 93.4 cm³/mol. The average Bonchev–Trinajstić information content (AvgIpc) is 2.81. The topological polar surface area (TPSA) is 36.4 Å². The van der Waals surface area contributed by atoms with Crippen molar-refractivity contribution in [3.63, 3.8) is 0 Å². The van der Waals surface area contributed by atoms with Crippen LogP contribution in [0.25, 0.3) is 0 Å². The molecule has 2 aromatic rings. The molecule has 1 amide bonds. The van der Waals surface area contributed by atoms with Crippen LogP contribution in [0.3, 0.4) is 0 Å². The van der Waals surface area contributed by atoms with Crippen LogP contribution < -0.4 is 4.90 Å². The van der Waals surface area contributed by atoms with Gasteiger partial charge in [-0.2, -0.15) is 0 Å². The fraction of sp³-hybridized carbons (Fsp3) is 0.294. The van der Waals surface area contributed by atoms with Crippen LogP contribution in [0.5, 0.6) is 0 Å². The number of nitrogens with zero attached hydrogens (tertiary/aromatic N) is 3. The number of aromatic nitrogens is 1. The van der Waals surface area contributed by atoms with Crippen molar-refractivity contribution >= 4 is 34.8 Å². The van der Waals surface area contributed by atoms with E-state index < -0.39 is 0 Å². The highest BCUT2D eigenvalue weighted by molar-refractivity contribution is 6.33. The van der Waals surface area contributed by atoms with Gasteiger partial charge in [0.25, 0.3) is 5.91 Å². The van der Waals surface area contributed by atoms with Crippen LogP contribution in [0.15, 0.2) is 42.6 Å². The normalized spacial score (nSPS) is 15.4. The molecule has 0 aliphatic carbocycles. The molecule has 1 aliphatic heterocycles. The molecule has 0 saturated carbocycles. The largest absolute Gasteiger partial charge is 0.370 e. The van der Waals surface area contributed by atoms with Gasteiger partial charge in [0.1, 0.15) is 5.15 Å². The maximum atomic E-state index is 12.7. The first-order valence-corrected chi connectivity index (χ1v) is 8.31. The van der Waals surface area contributed by atoms with E-state index in [1.165, 1.54) is 0 Å². The first-order valence-electron chi connectivity index (χ1n) is 7.55. The molecule has 1 aromatic heterocycles. The quantitative estimate of drug-likeness (QED) is 0.775. The van der Waals surface area contributed by atoms with E-state index in [4.69, 9.17) is 23.2 Å². The van der Waals surface area contributed by atoms with Crippen LogP contribution in [0.2, 0.25) is 10.2 Å². The molecule has 0 unspecified atom stereocenters. The van der Waals surface area contributed by atoms with Gasteiger partial charge in [-0.25, -0.2) is 4.98 Å². The first kappa shape index (κ1) is 16.1. The summed E-state index contributed by atoms with van der Waals surface area (Å²) in [6.45, 7) is 3.02. The van der Waals surface area contributed by atoms with Crippen molar-refractivity contribution in [2.24, 2.45) is 0 Å². The highest BCUT2D eigenvalue weighted by atomic mass is 35.5.